The maximum absolute atomic E-state index is 12.2. The van der Waals surface area contributed by atoms with E-state index in [0.717, 1.165) is 0 Å². The van der Waals surface area contributed by atoms with E-state index in [0.29, 0.717) is 24.0 Å². The van der Waals surface area contributed by atoms with Crippen molar-refractivity contribution >= 4 is 15.8 Å². The Morgan fingerprint density at radius 3 is 2.62 bits per heavy atom. The highest BCUT2D eigenvalue weighted by Crippen LogP contribution is 2.29. The molecule has 3 rings (SSSR count). The molecule has 0 unspecified atom stereocenters. The van der Waals surface area contributed by atoms with E-state index >= 15 is 0 Å². The first-order valence-corrected chi connectivity index (χ1v) is 8.20. The van der Waals surface area contributed by atoms with E-state index in [2.05, 4.69) is 9.88 Å². The second-order valence-corrected chi connectivity index (χ2v) is 6.84. The van der Waals surface area contributed by atoms with Crippen molar-refractivity contribution in [2.45, 2.75) is 24.7 Å². The number of benzene rings is 1. The summed E-state index contributed by atoms with van der Waals surface area (Å²) in [6.45, 7) is 2.39. The van der Waals surface area contributed by atoms with Crippen molar-refractivity contribution in [2.24, 2.45) is 5.92 Å². The molecule has 0 bridgehead atoms. The van der Waals surface area contributed by atoms with Crippen LogP contribution in [0.3, 0.4) is 0 Å². The Morgan fingerprint density at radius 2 is 2.05 bits per heavy atom. The lowest BCUT2D eigenvalue weighted by molar-refractivity contribution is 0.299. The van der Waals surface area contributed by atoms with Gasteiger partial charge in [0.25, 0.3) is 10.0 Å². The predicted molar refractivity (Wildman–Crippen MR) is 76.7 cm³/mol. The summed E-state index contributed by atoms with van der Waals surface area (Å²) in [6.07, 6.45) is 2.43. The lowest BCUT2D eigenvalue weighted by Crippen LogP contribution is -2.13. The molecule has 2 aromatic rings. The van der Waals surface area contributed by atoms with Gasteiger partial charge in [0.1, 0.15) is 11.5 Å². The molecule has 0 spiro atoms. The SMILES string of the molecule is Cc1cc(NS(=O)(=O)c2ccc(OCC3CC3)cc2)no1. The van der Waals surface area contributed by atoms with Gasteiger partial charge in [-0.3, -0.25) is 4.72 Å². The number of hydrogen-bond donors (Lipinski definition) is 1. The summed E-state index contributed by atoms with van der Waals surface area (Å²) in [5.74, 6) is 2.04. The summed E-state index contributed by atoms with van der Waals surface area (Å²) in [6, 6.07) is 7.86. The standard InChI is InChI=1S/C14H16N2O4S/c1-10-8-14(15-20-10)16-21(17,18)13-6-4-12(5-7-13)19-9-11-2-3-11/h4-8,11H,2-3,9H2,1H3,(H,15,16). The van der Waals surface area contributed by atoms with Gasteiger partial charge in [0, 0.05) is 6.07 Å². The molecule has 1 aromatic carbocycles. The minimum Gasteiger partial charge on any atom is -0.493 e. The number of aromatic nitrogens is 1. The van der Waals surface area contributed by atoms with Gasteiger partial charge in [-0.2, -0.15) is 0 Å². The Kier molecular flexibility index (Phi) is 3.59. The number of sulfonamides is 1. The zero-order chi connectivity index (χ0) is 14.9. The first-order valence-electron chi connectivity index (χ1n) is 6.72. The molecule has 112 valence electrons. The minimum absolute atomic E-state index is 0.155. The Hall–Kier alpha value is -2.02. The first-order chi connectivity index (χ1) is 10.0. The normalized spacial score (nSPS) is 14.9. The Bertz CT molecular complexity index is 718. The van der Waals surface area contributed by atoms with Crippen LogP contribution in [0.2, 0.25) is 0 Å². The minimum atomic E-state index is -3.66. The maximum Gasteiger partial charge on any atom is 0.263 e. The third-order valence-electron chi connectivity index (χ3n) is 3.18. The Balaban J connectivity index is 1.69. The van der Waals surface area contributed by atoms with Crippen molar-refractivity contribution in [2.75, 3.05) is 11.3 Å². The van der Waals surface area contributed by atoms with Crippen LogP contribution in [-0.2, 0) is 10.0 Å². The molecular weight excluding hydrogens is 292 g/mol. The van der Waals surface area contributed by atoms with Crippen LogP contribution >= 0.6 is 0 Å². The molecule has 0 amide bonds. The monoisotopic (exact) mass is 308 g/mol. The number of rotatable bonds is 6. The van der Waals surface area contributed by atoms with Gasteiger partial charge in [0.2, 0.25) is 0 Å². The van der Waals surface area contributed by atoms with Crippen molar-refractivity contribution in [3.63, 3.8) is 0 Å². The molecule has 1 fully saturated rings. The number of nitrogens with zero attached hydrogens (tertiary/aromatic N) is 1. The second-order valence-electron chi connectivity index (χ2n) is 5.15. The van der Waals surface area contributed by atoms with Crippen LogP contribution in [0.15, 0.2) is 39.8 Å². The summed E-state index contributed by atoms with van der Waals surface area (Å²) in [5.41, 5.74) is 0. The van der Waals surface area contributed by atoms with Gasteiger partial charge in [-0.15, -0.1) is 0 Å². The molecule has 0 atom stereocenters. The lowest BCUT2D eigenvalue weighted by atomic mass is 10.3. The fourth-order valence-electron chi connectivity index (χ4n) is 1.82. The van der Waals surface area contributed by atoms with Gasteiger partial charge < -0.3 is 9.26 Å². The third kappa shape index (κ3) is 3.55. The molecule has 1 aromatic heterocycles. The highest BCUT2D eigenvalue weighted by atomic mass is 32.2. The highest BCUT2D eigenvalue weighted by molar-refractivity contribution is 7.92. The van der Waals surface area contributed by atoms with Crippen LogP contribution in [0.4, 0.5) is 5.82 Å². The molecule has 1 N–H and O–H groups in total. The number of aryl methyl sites for hydroxylation is 1. The molecule has 0 saturated heterocycles. The van der Waals surface area contributed by atoms with Crippen LogP contribution in [-0.4, -0.2) is 20.2 Å². The summed E-state index contributed by atoms with van der Waals surface area (Å²) in [5, 5.41) is 3.61. The molecule has 1 aliphatic carbocycles. The Labute approximate surface area is 123 Å². The average molecular weight is 308 g/mol. The quantitative estimate of drug-likeness (QED) is 0.887. The van der Waals surface area contributed by atoms with E-state index in [4.69, 9.17) is 9.26 Å². The van der Waals surface area contributed by atoms with Gasteiger partial charge in [-0.25, -0.2) is 8.42 Å². The van der Waals surface area contributed by atoms with Crippen molar-refractivity contribution in [3.8, 4) is 5.75 Å². The van der Waals surface area contributed by atoms with Crippen LogP contribution in [0, 0.1) is 12.8 Å². The van der Waals surface area contributed by atoms with E-state index in [1.807, 2.05) is 0 Å². The van der Waals surface area contributed by atoms with Gasteiger partial charge in [-0.1, -0.05) is 5.16 Å². The topological polar surface area (TPSA) is 81.4 Å². The van der Waals surface area contributed by atoms with Gasteiger partial charge in [-0.05, 0) is 49.9 Å². The molecule has 1 saturated carbocycles. The first kappa shape index (κ1) is 13.9. The lowest BCUT2D eigenvalue weighted by Gasteiger charge is -2.07. The molecule has 0 aliphatic heterocycles. The molecule has 0 radical (unpaired) electrons. The second kappa shape index (κ2) is 5.40. The molecule has 6 nitrogen and oxygen atoms in total. The van der Waals surface area contributed by atoms with E-state index in [9.17, 15) is 8.42 Å². The molecule has 21 heavy (non-hydrogen) atoms. The van der Waals surface area contributed by atoms with Crippen molar-refractivity contribution < 1.29 is 17.7 Å². The zero-order valence-electron chi connectivity index (χ0n) is 11.6. The number of anilines is 1. The van der Waals surface area contributed by atoms with Crippen LogP contribution in [0.1, 0.15) is 18.6 Å². The van der Waals surface area contributed by atoms with Crippen molar-refractivity contribution in [1.82, 2.24) is 5.16 Å². The van der Waals surface area contributed by atoms with Gasteiger partial charge in [0.15, 0.2) is 5.82 Å². The summed E-state index contributed by atoms with van der Waals surface area (Å²) < 4.78 is 37.1. The van der Waals surface area contributed by atoms with E-state index in [1.165, 1.54) is 31.0 Å². The smallest absolute Gasteiger partial charge is 0.263 e. The third-order valence-corrected chi connectivity index (χ3v) is 4.55. The van der Waals surface area contributed by atoms with Gasteiger partial charge >= 0.3 is 0 Å². The van der Waals surface area contributed by atoms with Crippen LogP contribution in [0.5, 0.6) is 5.75 Å². The Morgan fingerprint density at radius 1 is 1.33 bits per heavy atom. The van der Waals surface area contributed by atoms with E-state index in [-0.39, 0.29) is 10.7 Å². The summed E-state index contributed by atoms with van der Waals surface area (Å²) in [4.78, 5) is 0.155. The molecule has 1 heterocycles. The highest BCUT2D eigenvalue weighted by Gasteiger charge is 2.22. The fourth-order valence-corrected chi connectivity index (χ4v) is 2.81. The van der Waals surface area contributed by atoms with Crippen LogP contribution in [0.25, 0.3) is 0 Å². The molecule has 1 aliphatic rings. The molecular formula is C14H16N2O4S. The number of nitrogens with one attached hydrogen (secondary N) is 1. The largest absolute Gasteiger partial charge is 0.493 e. The van der Waals surface area contributed by atoms with Crippen molar-refractivity contribution in [1.29, 1.82) is 0 Å². The zero-order valence-corrected chi connectivity index (χ0v) is 12.4. The predicted octanol–water partition coefficient (Wildman–Crippen LogP) is 2.57. The summed E-state index contributed by atoms with van der Waals surface area (Å²) >= 11 is 0. The van der Waals surface area contributed by atoms with E-state index in [1.54, 1.807) is 19.1 Å². The molecule has 7 heteroatoms. The van der Waals surface area contributed by atoms with Gasteiger partial charge in [0.05, 0.1) is 11.5 Å². The van der Waals surface area contributed by atoms with Crippen LogP contribution < -0.4 is 9.46 Å². The number of ether oxygens (including phenoxy) is 1. The number of hydrogen-bond acceptors (Lipinski definition) is 5. The van der Waals surface area contributed by atoms with E-state index < -0.39 is 10.0 Å². The van der Waals surface area contributed by atoms with Crippen molar-refractivity contribution in [3.05, 3.63) is 36.1 Å². The fraction of sp³-hybridized carbons (Fsp3) is 0.357. The average Bonchev–Trinajstić information content (AvgIpc) is 3.20. The summed E-state index contributed by atoms with van der Waals surface area (Å²) in [7, 11) is -3.66. The maximum atomic E-state index is 12.2.